The van der Waals surface area contributed by atoms with Gasteiger partial charge in [0.2, 0.25) is 5.91 Å². The van der Waals surface area contributed by atoms with Gasteiger partial charge in [0, 0.05) is 12.1 Å². The standard InChI is InChI=1S/C22H27NO3S/c1-18-11-13-20(14-12-18)23(17-19-7-3-2-4-8-19)22(24)15-16-27(25,26)21-9-5-6-10-21/h2-4,7-8,11-14,21H,5-6,9-10,15-17H2,1H3. The fourth-order valence-corrected chi connectivity index (χ4v) is 5.44. The minimum Gasteiger partial charge on any atom is -0.308 e. The lowest BCUT2D eigenvalue weighted by Crippen LogP contribution is -2.33. The zero-order chi connectivity index (χ0) is 19.3. The predicted octanol–water partition coefficient (Wildman–Crippen LogP) is 4.28. The SMILES string of the molecule is Cc1ccc(N(Cc2ccccc2)C(=O)CCS(=O)(=O)C2CCCC2)cc1. The van der Waals surface area contributed by atoms with Crippen LogP contribution in [0.25, 0.3) is 0 Å². The fourth-order valence-electron chi connectivity index (χ4n) is 3.59. The summed E-state index contributed by atoms with van der Waals surface area (Å²) in [7, 11) is -3.20. The fraction of sp³-hybridized carbons (Fsp3) is 0.409. The molecule has 1 aliphatic carbocycles. The van der Waals surface area contributed by atoms with Crippen LogP contribution in [0.3, 0.4) is 0 Å². The monoisotopic (exact) mass is 385 g/mol. The van der Waals surface area contributed by atoms with Gasteiger partial charge in [0.25, 0.3) is 0 Å². The molecule has 2 aromatic rings. The summed E-state index contributed by atoms with van der Waals surface area (Å²) in [5, 5.41) is -0.257. The van der Waals surface area contributed by atoms with Crippen molar-refractivity contribution in [1.29, 1.82) is 0 Å². The molecule has 1 amide bonds. The first-order valence-electron chi connectivity index (χ1n) is 9.58. The minimum absolute atomic E-state index is 0.0273. The maximum atomic E-state index is 13.0. The number of carbonyl (C=O) groups is 1. The van der Waals surface area contributed by atoms with Crippen molar-refractivity contribution >= 4 is 21.4 Å². The van der Waals surface area contributed by atoms with Crippen molar-refractivity contribution in [2.24, 2.45) is 0 Å². The van der Waals surface area contributed by atoms with Crippen LogP contribution >= 0.6 is 0 Å². The summed E-state index contributed by atoms with van der Waals surface area (Å²) in [6, 6.07) is 17.5. The summed E-state index contributed by atoms with van der Waals surface area (Å²) in [4.78, 5) is 14.6. The highest BCUT2D eigenvalue weighted by molar-refractivity contribution is 7.92. The molecule has 0 atom stereocenters. The van der Waals surface area contributed by atoms with Crippen LogP contribution in [0.15, 0.2) is 54.6 Å². The maximum absolute atomic E-state index is 13.0. The Morgan fingerprint density at radius 1 is 1.00 bits per heavy atom. The van der Waals surface area contributed by atoms with Crippen molar-refractivity contribution in [3.8, 4) is 0 Å². The molecule has 2 aromatic carbocycles. The zero-order valence-corrected chi connectivity index (χ0v) is 16.6. The van der Waals surface area contributed by atoms with Gasteiger partial charge in [-0.3, -0.25) is 4.79 Å². The molecule has 1 fully saturated rings. The first-order chi connectivity index (χ1) is 13.0. The highest BCUT2D eigenvalue weighted by atomic mass is 32.2. The smallest absolute Gasteiger partial charge is 0.228 e. The number of benzene rings is 2. The maximum Gasteiger partial charge on any atom is 0.228 e. The summed E-state index contributed by atoms with van der Waals surface area (Å²) in [6.45, 7) is 2.44. The van der Waals surface area contributed by atoms with Crippen LogP contribution in [-0.2, 0) is 21.2 Å². The zero-order valence-electron chi connectivity index (χ0n) is 15.8. The summed E-state index contributed by atoms with van der Waals surface area (Å²) < 4.78 is 25.1. The minimum atomic E-state index is -3.20. The molecule has 0 bridgehead atoms. The third-order valence-corrected chi connectivity index (χ3v) is 7.50. The average Bonchev–Trinajstić information content (AvgIpc) is 3.22. The summed E-state index contributed by atoms with van der Waals surface area (Å²) in [6.07, 6.45) is 3.45. The lowest BCUT2D eigenvalue weighted by atomic mass is 10.1. The first kappa shape index (κ1) is 19.6. The van der Waals surface area contributed by atoms with Crippen LogP contribution in [0.1, 0.15) is 43.2 Å². The second-order valence-electron chi connectivity index (χ2n) is 7.32. The van der Waals surface area contributed by atoms with Gasteiger partial charge in [0.1, 0.15) is 0 Å². The van der Waals surface area contributed by atoms with E-state index >= 15 is 0 Å². The normalized spacial score (nSPS) is 15.0. The van der Waals surface area contributed by atoms with Crippen LogP contribution in [-0.4, -0.2) is 25.3 Å². The van der Waals surface area contributed by atoms with Gasteiger partial charge in [0.15, 0.2) is 9.84 Å². The van der Waals surface area contributed by atoms with E-state index in [1.54, 1.807) is 4.90 Å². The van der Waals surface area contributed by atoms with E-state index in [1.807, 2.05) is 61.5 Å². The summed E-state index contributed by atoms with van der Waals surface area (Å²) in [5.41, 5.74) is 2.94. The molecule has 0 spiro atoms. The molecule has 0 unspecified atom stereocenters. The van der Waals surface area contributed by atoms with Crippen molar-refractivity contribution < 1.29 is 13.2 Å². The Morgan fingerprint density at radius 3 is 2.26 bits per heavy atom. The van der Waals surface area contributed by atoms with Crippen LogP contribution < -0.4 is 4.90 Å². The van der Waals surface area contributed by atoms with Crippen LogP contribution in [0, 0.1) is 6.92 Å². The third-order valence-electron chi connectivity index (χ3n) is 5.24. The second-order valence-corrected chi connectivity index (χ2v) is 9.73. The van der Waals surface area contributed by atoms with Crippen molar-refractivity contribution in [3.05, 3.63) is 65.7 Å². The number of amides is 1. The van der Waals surface area contributed by atoms with Crippen molar-refractivity contribution in [3.63, 3.8) is 0 Å². The summed E-state index contributed by atoms with van der Waals surface area (Å²) in [5.74, 6) is -0.211. The van der Waals surface area contributed by atoms with E-state index in [0.29, 0.717) is 6.54 Å². The van der Waals surface area contributed by atoms with Gasteiger partial charge in [-0.2, -0.15) is 0 Å². The van der Waals surface area contributed by atoms with E-state index in [2.05, 4.69) is 0 Å². The second kappa shape index (κ2) is 8.70. The molecule has 1 saturated carbocycles. The van der Waals surface area contributed by atoms with Crippen LogP contribution in [0.4, 0.5) is 5.69 Å². The largest absolute Gasteiger partial charge is 0.308 e. The lowest BCUT2D eigenvalue weighted by Gasteiger charge is -2.24. The van der Waals surface area contributed by atoms with E-state index in [9.17, 15) is 13.2 Å². The Kier molecular flexibility index (Phi) is 6.32. The molecule has 0 heterocycles. The number of carbonyl (C=O) groups excluding carboxylic acids is 1. The molecule has 0 aromatic heterocycles. The van der Waals surface area contributed by atoms with E-state index in [4.69, 9.17) is 0 Å². The van der Waals surface area contributed by atoms with Crippen LogP contribution in [0.5, 0.6) is 0 Å². The number of anilines is 1. The van der Waals surface area contributed by atoms with Crippen LogP contribution in [0.2, 0.25) is 0 Å². The Morgan fingerprint density at radius 2 is 1.63 bits per heavy atom. The van der Waals surface area contributed by atoms with Gasteiger partial charge < -0.3 is 4.90 Å². The number of nitrogens with zero attached hydrogens (tertiary/aromatic N) is 1. The Labute approximate surface area is 162 Å². The van der Waals surface area contributed by atoms with E-state index < -0.39 is 9.84 Å². The molecule has 0 aliphatic heterocycles. The molecule has 144 valence electrons. The molecule has 1 aliphatic rings. The topological polar surface area (TPSA) is 54.5 Å². The molecule has 3 rings (SSSR count). The lowest BCUT2D eigenvalue weighted by molar-refractivity contribution is -0.118. The van der Waals surface area contributed by atoms with Crippen molar-refractivity contribution in [2.45, 2.75) is 50.8 Å². The first-order valence-corrected chi connectivity index (χ1v) is 11.3. The van der Waals surface area contributed by atoms with Gasteiger partial charge in [0.05, 0.1) is 17.5 Å². The van der Waals surface area contributed by atoms with Crippen molar-refractivity contribution in [1.82, 2.24) is 0 Å². The highest BCUT2D eigenvalue weighted by Crippen LogP contribution is 2.26. The molecular weight excluding hydrogens is 358 g/mol. The quantitative estimate of drug-likeness (QED) is 0.715. The Hall–Kier alpha value is -2.14. The summed E-state index contributed by atoms with van der Waals surface area (Å²) >= 11 is 0. The Bertz CT molecular complexity index is 854. The molecule has 0 saturated heterocycles. The van der Waals surface area contributed by atoms with E-state index in [1.165, 1.54) is 0 Å². The molecule has 0 N–H and O–H groups in total. The number of aryl methyl sites for hydroxylation is 1. The predicted molar refractivity (Wildman–Crippen MR) is 109 cm³/mol. The van der Waals surface area contributed by atoms with Gasteiger partial charge in [-0.05, 0) is 37.5 Å². The number of rotatable bonds is 7. The molecule has 0 radical (unpaired) electrons. The number of hydrogen-bond acceptors (Lipinski definition) is 3. The molecule has 4 nitrogen and oxygen atoms in total. The van der Waals surface area contributed by atoms with Gasteiger partial charge in [-0.25, -0.2) is 8.42 Å². The van der Waals surface area contributed by atoms with Gasteiger partial charge in [-0.15, -0.1) is 0 Å². The number of hydrogen-bond donors (Lipinski definition) is 0. The molecule has 5 heteroatoms. The van der Waals surface area contributed by atoms with Crippen molar-refractivity contribution in [2.75, 3.05) is 10.7 Å². The van der Waals surface area contributed by atoms with Gasteiger partial charge >= 0.3 is 0 Å². The highest BCUT2D eigenvalue weighted by Gasteiger charge is 2.29. The molecule has 27 heavy (non-hydrogen) atoms. The third kappa shape index (κ3) is 5.19. The molecular formula is C22H27NO3S. The van der Waals surface area contributed by atoms with Gasteiger partial charge in [-0.1, -0.05) is 60.9 Å². The number of sulfone groups is 1. The Balaban J connectivity index is 1.75. The van der Waals surface area contributed by atoms with E-state index in [0.717, 1.165) is 42.5 Å². The average molecular weight is 386 g/mol. The van der Waals surface area contributed by atoms with E-state index in [-0.39, 0.29) is 23.3 Å².